The van der Waals surface area contributed by atoms with E-state index < -0.39 is 128 Å². The maximum Gasteiger partial charge on any atom is 0.339 e. The van der Waals surface area contributed by atoms with Crippen LogP contribution in [0.25, 0.3) is 64.6 Å². The molecule has 0 atom stereocenters. The van der Waals surface area contributed by atoms with Gasteiger partial charge in [0.15, 0.2) is 0 Å². The maximum absolute atomic E-state index is 13.5. The van der Waals surface area contributed by atoms with Crippen molar-refractivity contribution in [2.75, 3.05) is 21.3 Å². The Morgan fingerprint density at radius 1 is 0.186 bits per heavy atom. The third-order valence-electron chi connectivity index (χ3n) is 21.4. The molecule has 30 nitrogen and oxygen atoms in total. The lowest BCUT2D eigenvalue weighted by molar-refractivity contribution is 0.0682. The fraction of sp³-hybridized carbons (Fsp3) is 0.0303. The van der Waals surface area contributed by atoms with E-state index in [0.29, 0.717) is 65.8 Å². The largest absolute Gasteiger partial charge is 0.507 e. The van der Waals surface area contributed by atoms with Crippen LogP contribution in [0, 0.1) is 0 Å². The molecular weight excluding hydrogens is 1660 g/mol. The molecule has 0 spiro atoms. The summed E-state index contributed by atoms with van der Waals surface area (Å²) in [4.78, 5) is 147. The predicted octanol–water partition coefficient (Wildman–Crippen LogP) is 17.6. The summed E-state index contributed by atoms with van der Waals surface area (Å²) in [6.45, 7) is 0. The summed E-state index contributed by atoms with van der Waals surface area (Å²) in [5.74, 6) is -16.1. The minimum atomic E-state index is -1.48. The molecule has 18 N–H and O–H groups in total. The second kappa shape index (κ2) is 36.3. The Kier molecular flexibility index (Phi) is 24.4. The van der Waals surface area contributed by atoms with Crippen LogP contribution in [0.4, 0.5) is 22.7 Å². The van der Waals surface area contributed by atoms with E-state index >= 15 is 0 Å². The van der Waals surface area contributed by atoms with Gasteiger partial charge in [0.1, 0.15) is 56.8 Å². The molecule has 0 unspecified atom stereocenters. The summed E-state index contributed by atoms with van der Waals surface area (Å²) < 4.78 is 0. The van der Waals surface area contributed by atoms with Crippen molar-refractivity contribution in [2.24, 2.45) is 0 Å². The molecule has 640 valence electrons. The zero-order valence-corrected chi connectivity index (χ0v) is 66.7. The quantitative estimate of drug-likeness (QED) is 0.0300. The molecule has 30 heteroatoms. The third-order valence-corrected chi connectivity index (χ3v) is 21.4. The summed E-state index contributed by atoms with van der Waals surface area (Å²) in [5, 5.41) is 159. The lowest BCUT2D eigenvalue weighted by Crippen LogP contribution is -2.14. The number of phenols is 6. The van der Waals surface area contributed by atoms with Crippen LogP contribution < -0.4 is 21.3 Å². The van der Waals surface area contributed by atoms with Crippen LogP contribution in [0.5, 0.6) is 34.5 Å². The topological polar surface area (TPSA) is 536 Å². The van der Waals surface area contributed by atoms with E-state index in [4.69, 9.17) is 0 Å². The standard InChI is InChI=1S/2C37H26N2O8.C25H16O10/c40-32-28(26-13-11-20(36(44)45)15-22(26)17-30(32)34(42)38-24-7-3-1-4-8-24)19-29-27-14-12-21(37(46)47)16-23(27)18-31(33(29)41)35(43)39-25-9-5-2-6-10-25;40-32-28(26-13-11-20(15-22(26)17-30(32)36(44)45)34(42)38-24-7-3-1-4-8-24)19-29-27-14-12-21(35(43)39-25-9-5-2-6-10-25)16-23(27)18-31(33(29)41)37(46)47;26-20-16(14-3-1-10(22(28)29)5-12(14)7-18(20)24(32)33)9-17-15-4-2-11(23(30)31)6-13(15)8-19(21(17)27)25(34)35/h2*1-18,40-41H,19H2,(H,38,42)(H,39,43)(H,44,45)(H,46,47);1-8,26-27H,9H2,(H,28,29)(H,30,31)(H,32,33)(H,34,35). The molecule has 129 heavy (non-hydrogen) atoms. The van der Waals surface area contributed by atoms with Gasteiger partial charge in [0.05, 0.1) is 33.4 Å². The van der Waals surface area contributed by atoms with Crippen molar-refractivity contribution >= 4 is 159 Å². The normalized spacial score (nSPS) is 10.9. The van der Waals surface area contributed by atoms with E-state index in [9.17, 15) is 129 Å². The fourth-order valence-electron chi connectivity index (χ4n) is 15.1. The number of para-hydroxylation sites is 4. The Morgan fingerprint density at radius 3 is 0.550 bits per heavy atom. The average molecular weight is 1730 g/mol. The lowest BCUT2D eigenvalue weighted by atomic mass is 9.89. The monoisotopic (exact) mass is 1730 g/mol. The number of nitrogens with one attached hydrogen (secondary N) is 4. The Bertz CT molecular complexity index is 7010. The number of aromatic carboxylic acids is 8. The van der Waals surface area contributed by atoms with Crippen LogP contribution in [0.3, 0.4) is 0 Å². The first-order valence-electron chi connectivity index (χ1n) is 38.7. The van der Waals surface area contributed by atoms with Crippen molar-refractivity contribution in [3.63, 3.8) is 0 Å². The number of benzene rings is 16. The molecule has 0 saturated heterocycles. The van der Waals surface area contributed by atoms with E-state index in [1.54, 1.807) is 121 Å². The molecule has 4 amide bonds. The zero-order chi connectivity index (χ0) is 92.1. The van der Waals surface area contributed by atoms with Crippen molar-refractivity contribution in [1.82, 2.24) is 0 Å². The number of amides is 4. The van der Waals surface area contributed by atoms with Gasteiger partial charge in [-0.2, -0.15) is 0 Å². The molecule has 0 aliphatic carbocycles. The molecule has 16 rings (SSSR count). The molecule has 0 aliphatic rings. The first-order chi connectivity index (χ1) is 61.7. The number of hydrogen-bond acceptors (Lipinski definition) is 18. The number of rotatable bonds is 22. The summed E-state index contributed by atoms with van der Waals surface area (Å²) in [6.07, 6.45) is -0.841. The Balaban J connectivity index is 0.000000158. The summed E-state index contributed by atoms with van der Waals surface area (Å²) in [5.41, 5.74) is 0.590. The first-order valence-corrected chi connectivity index (χ1v) is 38.7. The molecule has 0 aliphatic heterocycles. The summed E-state index contributed by atoms with van der Waals surface area (Å²) >= 11 is 0. The minimum Gasteiger partial charge on any atom is -0.507 e. The smallest absolute Gasteiger partial charge is 0.339 e. The number of carboxylic acid groups (broad SMARTS) is 8. The number of aromatic hydroxyl groups is 6. The van der Waals surface area contributed by atoms with E-state index in [2.05, 4.69) is 21.3 Å². The molecule has 0 aromatic heterocycles. The van der Waals surface area contributed by atoms with Crippen molar-refractivity contribution in [3.8, 4) is 34.5 Å². The third kappa shape index (κ3) is 18.2. The number of carbonyl (C=O) groups excluding carboxylic acids is 4. The van der Waals surface area contributed by atoms with E-state index in [1.807, 2.05) is 12.1 Å². The number of phenolic OH excluding ortho intramolecular Hbond substituents is 2. The van der Waals surface area contributed by atoms with Gasteiger partial charge in [-0.15, -0.1) is 0 Å². The van der Waals surface area contributed by atoms with Crippen LogP contribution in [-0.2, 0) is 19.3 Å². The van der Waals surface area contributed by atoms with Crippen LogP contribution in [0.2, 0.25) is 0 Å². The predicted molar refractivity (Wildman–Crippen MR) is 475 cm³/mol. The Labute approximate surface area is 726 Å². The number of hydrogen-bond donors (Lipinski definition) is 18. The molecule has 0 radical (unpaired) electrons. The van der Waals surface area contributed by atoms with Crippen LogP contribution in [0.15, 0.2) is 267 Å². The minimum absolute atomic E-state index is 0.0123. The maximum atomic E-state index is 13.5. The van der Waals surface area contributed by atoms with Crippen LogP contribution >= 0.6 is 0 Å². The summed E-state index contributed by atoms with van der Waals surface area (Å²) in [7, 11) is 0. The van der Waals surface area contributed by atoms with Crippen molar-refractivity contribution in [2.45, 2.75) is 19.3 Å². The second-order valence-corrected chi connectivity index (χ2v) is 29.4. The van der Waals surface area contributed by atoms with Crippen molar-refractivity contribution in [3.05, 3.63) is 367 Å². The highest BCUT2D eigenvalue weighted by molar-refractivity contribution is 6.15. The number of fused-ring (bicyclic) bond motifs is 6. The number of carboxylic acids is 8. The van der Waals surface area contributed by atoms with Gasteiger partial charge in [-0.05, 0) is 222 Å². The molecular formula is C99H68N4O26. The van der Waals surface area contributed by atoms with E-state index in [0.717, 1.165) is 12.1 Å². The van der Waals surface area contributed by atoms with E-state index in [1.165, 1.54) is 121 Å². The van der Waals surface area contributed by atoms with Gasteiger partial charge < -0.3 is 92.8 Å². The molecule has 16 aromatic carbocycles. The highest BCUT2D eigenvalue weighted by Crippen LogP contribution is 2.45. The van der Waals surface area contributed by atoms with Crippen LogP contribution in [0.1, 0.15) is 158 Å². The zero-order valence-electron chi connectivity index (χ0n) is 66.7. The first kappa shape index (κ1) is 86.9. The number of anilines is 4. The highest BCUT2D eigenvalue weighted by atomic mass is 16.4. The van der Waals surface area contributed by atoms with E-state index in [-0.39, 0.29) is 119 Å². The highest BCUT2D eigenvalue weighted by Gasteiger charge is 2.30. The lowest BCUT2D eigenvalue weighted by Gasteiger charge is -2.18. The van der Waals surface area contributed by atoms with Gasteiger partial charge in [-0.25, -0.2) is 38.4 Å². The number of carbonyl (C=O) groups is 12. The van der Waals surface area contributed by atoms with Crippen LogP contribution in [-0.4, -0.2) is 143 Å². The van der Waals surface area contributed by atoms with Gasteiger partial charge in [0.2, 0.25) is 0 Å². The summed E-state index contributed by atoms with van der Waals surface area (Å²) in [6, 6.07) is 67.6. The molecule has 0 bridgehead atoms. The van der Waals surface area contributed by atoms with Crippen molar-refractivity contribution in [1.29, 1.82) is 0 Å². The molecule has 0 heterocycles. The SMILES string of the molecule is O=C(Nc1ccccc1)c1ccc2c(Cc3c(O)c(C(=O)O)cc4cc(C(=O)Nc5ccccc5)ccc34)c(O)c(C(=O)O)cc2c1.O=C(O)c1ccc2c(Cc3c(O)c(C(=O)Nc4ccccc4)cc4cc(C(=O)O)ccc34)c(O)c(C(=O)Nc3ccccc3)cc2c1.O=C(O)c1ccc2c(Cc3c(O)c(C(=O)O)cc4cc(C(=O)O)ccc34)c(O)c(C(=O)O)cc2c1. The fourth-order valence-corrected chi connectivity index (χ4v) is 15.1. The Hall–Kier alpha value is -18.5. The Morgan fingerprint density at radius 2 is 0.357 bits per heavy atom. The van der Waals surface area contributed by atoms with Gasteiger partial charge in [0, 0.05) is 86.5 Å². The average Bonchev–Trinajstić information content (AvgIpc) is 0.759. The van der Waals surface area contributed by atoms with Gasteiger partial charge in [-0.1, -0.05) is 109 Å². The molecule has 0 fully saturated rings. The second-order valence-electron chi connectivity index (χ2n) is 29.4. The van der Waals surface area contributed by atoms with Gasteiger partial charge in [0.25, 0.3) is 23.6 Å². The van der Waals surface area contributed by atoms with Crippen molar-refractivity contribution < 1.29 is 129 Å². The molecule has 0 saturated carbocycles. The van der Waals surface area contributed by atoms with Gasteiger partial charge in [-0.3, -0.25) is 19.2 Å². The molecule has 16 aromatic rings. The van der Waals surface area contributed by atoms with Gasteiger partial charge >= 0.3 is 47.8 Å².